The van der Waals surface area contributed by atoms with Gasteiger partial charge in [0.1, 0.15) is 0 Å². The van der Waals surface area contributed by atoms with Crippen molar-refractivity contribution in [3.05, 3.63) is 23.1 Å². The molecule has 2 rings (SSSR count). The molecule has 0 aromatic carbocycles. The van der Waals surface area contributed by atoms with E-state index >= 15 is 0 Å². The molecule has 1 aromatic rings. The van der Waals surface area contributed by atoms with Crippen molar-refractivity contribution in [2.24, 2.45) is 0 Å². The maximum Gasteiger partial charge on any atom is 0.300 e. The van der Waals surface area contributed by atoms with Gasteiger partial charge in [0.25, 0.3) is 5.91 Å². The highest BCUT2D eigenvalue weighted by Gasteiger charge is 2.25. The van der Waals surface area contributed by atoms with Crippen LogP contribution >= 0.6 is 11.6 Å². The fraction of sp³-hybridized carbons (Fsp3) is 0.545. The van der Waals surface area contributed by atoms with Crippen LogP contribution in [0.5, 0.6) is 0 Å². The molecule has 1 aliphatic heterocycles. The van der Waals surface area contributed by atoms with Crippen LogP contribution in [0.15, 0.2) is 16.5 Å². The van der Waals surface area contributed by atoms with Gasteiger partial charge >= 0.3 is 0 Å². The summed E-state index contributed by atoms with van der Waals surface area (Å²) in [5.74, 6) is -1.20. The largest absolute Gasteiger partial charge is 0.440 e. The van der Waals surface area contributed by atoms with Crippen molar-refractivity contribution in [1.29, 1.82) is 0 Å². The maximum absolute atomic E-state index is 11.8. The van der Waals surface area contributed by atoms with Crippen LogP contribution in [0.1, 0.15) is 29.8 Å². The Morgan fingerprint density at radius 3 is 2.79 bits per heavy atom. The number of carbonyl (C=O) groups excluding carboxylic acids is 1. The average molecular weight is 308 g/mol. The SMILES string of the molecule is O=C(NS(=O)(=O)CC1CCCCO1)c1ccc(Cl)o1. The predicted octanol–water partition coefficient (Wildman–Crippen LogP) is 1.56. The van der Waals surface area contributed by atoms with E-state index in [1.54, 1.807) is 0 Å². The first-order valence-corrected chi connectivity index (χ1v) is 7.91. The van der Waals surface area contributed by atoms with Crippen LogP contribution in [0.2, 0.25) is 5.22 Å². The molecule has 1 unspecified atom stereocenters. The zero-order chi connectivity index (χ0) is 13.9. The Bertz CT molecular complexity index is 547. The second-order valence-electron chi connectivity index (χ2n) is 4.30. The Morgan fingerprint density at radius 2 is 2.21 bits per heavy atom. The summed E-state index contributed by atoms with van der Waals surface area (Å²) in [6.45, 7) is 0.557. The third-order valence-corrected chi connectivity index (χ3v) is 4.23. The van der Waals surface area contributed by atoms with E-state index in [4.69, 9.17) is 20.8 Å². The molecule has 1 saturated heterocycles. The highest BCUT2D eigenvalue weighted by Crippen LogP contribution is 2.15. The number of ether oxygens (including phenoxy) is 1. The van der Waals surface area contributed by atoms with Gasteiger partial charge in [-0.1, -0.05) is 0 Å². The van der Waals surface area contributed by atoms with Crippen LogP contribution in [0.4, 0.5) is 0 Å². The summed E-state index contributed by atoms with van der Waals surface area (Å²) in [7, 11) is -3.75. The van der Waals surface area contributed by atoms with Gasteiger partial charge in [-0.3, -0.25) is 4.79 Å². The van der Waals surface area contributed by atoms with Crippen molar-refractivity contribution in [2.75, 3.05) is 12.4 Å². The number of furan rings is 1. The number of sulfonamides is 1. The zero-order valence-corrected chi connectivity index (χ0v) is 11.7. The highest BCUT2D eigenvalue weighted by atomic mass is 35.5. The molecule has 0 saturated carbocycles. The van der Waals surface area contributed by atoms with Crippen LogP contribution in [-0.4, -0.2) is 32.8 Å². The molecule has 8 heteroatoms. The first kappa shape index (κ1) is 14.4. The highest BCUT2D eigenvalue weighted by molar-refractivity contribution is 7.90. The maximum atomic E-state index is 11.8. The molecule has 1 aromatic heterocycles. The van der Waals surface area contributed by atoms with Crippen molar-refractivity contribution >= 4 is 27.5 Å². The fourth-order valence-electron chi connectivity index (χ4n) is 1.85. The summed E-state index contributed by atoms with van der Waals surface area (Å²) in [5, 5.41) is 0.0261. The molecule has 1 atom stereocenters. The molecule has 0 spiro atoms. The lowest BCUT2D eigenvalue weighted by Crippen LogP contribution is -2.38. The summed E-state index contributed by atoms with van der Waals surface area (Å²) in [5.41, 5.74) is 0. The Labute approximate surface area is 116 Å². The quantitative estimate of drug-likeness (QED) is 0.912. The predicted molar refractivity (Wildman–Crippen MR) is 68.6 cm³/mol. The topological polar surface area (TPSA) is 85.6 Å². The molecule has 6 nitrogen and oxygen atoms in total. The van der Waals surface area contributed by atoms with Gasteiger partial charge < -0.3 is 9.15 Å². The third kappa shape index (κ3) is 4.22. The van der Waals surface area contributed by atoms with Crippen LogP contribution < -0.4 is 4.72 Å². The van der Waals surface area contributed by atoms with Gasteiger partial charge in [0, 0.05) is 6.61 Å². The molecule has 1 aliphatic rings. The molecule has 2 heterocycles. The normalized spacial score (nSPS) is 20.2. The Morgan fingerprint density at radius 1 is 1.42 bits per heavy atom. The van der Waals surface area contributed by atoms with Gasteiger partial charge in [0.2, 0.25) is 10.0 Å². The first-order chi connectivity index (χ1) is 8.96. The van der Waals surface area contributed by atoms with Crippen molar-refractivity contribution < 1.29 is 22.4 Å². The van der Waals surface area contributed by atoms with E-state index in [1.807, 2.05) is 4.72 Å². The molecule has 1 amide bonds. The number of hydrogen-bond donors (Lipinski definition) is 1. The molecular formula is C11H14ClNO5S. The minimum Gasteiger partial charge on any atom is -0.440 e. The smallest absolute Gasteiger partial charge is 0.300 e. The minimum absolute atomic E-state index is 0.0261. The van der Waals surface area contributed by atoms with Crippen LogP contribution in [0, 0.1) is 0 Å². The standard InChI is InChI=1S/C11H14ClNO5S/c12-10-5-4-9(18-10)11(14)13-19(15,16)7-8-3-1-2-6-17-8/h4-5,8H,1-3,6-7H2,(H,13,14). The van der Waals surface area contributed by atoms with E-state index in [9.17, 15) is 13.2 Å². The van der Waals surface area contributed by atoms with Gasteiger partial charge in [-0.05, 0) is 43.0 Å². The lowest BCUT2D eigenvalue weighted by molar-refractivity contribution is 0.0304. The number of carbonyl (C=O) groups is 1. The average Bonchev–Trinajstić information content (AvgIpc) is 2.76. The van der Waals surface area contributed by atoms with Crippen molar-refractivity contribution in [3.63, 3.8) is 0 Å². The van der Waals surface area contributed by atoms with Gasteiger partial charge in [0.05, 0.1) is 11.9 Å². The van der Waals surface area contributed by atoms with Crippen molar-refractivity contribution in [1.82, 2.24) is 4.72 Å². The number of amides is 1. The molecule has 19 heavy (non-hydrogen) atoms. The Hall–Kier alpha value is -1.05. The molecule has 1 N–H and O–H groups in total. The van der Waals surface area contributed by atoms with E-state index in [-0.39, 0.29) is 22.8 Å². The second kappa shape index (κ2) is 5.94. The van der Waals surface area contributed by atoms with Gasteiger partial charge in [-0.25, -0.2) is 13.1 Å². The Balaban J connectivity index is 1.94. The fourth-order valence-corrected chi connectivity index (χ4v) is 3.22. The molecule has 0 aliphatic carbocycles. The summed E-state index contributed by atoms with van der Waals surface area (Å²) in [6.07, 6.45) is 2.19. The monoisotopic (exact) mass is 307 g/mol. The summed E-state index contributed by atoms with van der Waals surface area (Å²) >= 11 is 5.52. The summed E-state index contributed by atoms with van der Waals surface area (Å²) in [4.78, 5) is 11.6. The van der Waals surface area contributed by atoms with E-state index in [0.717, 1.165) is 12.8 Å². The van der Waals surface area contributed by atoms with Crippen molar-refractivity contribution in [3.8, 4) is 0 Å². The summed E-state index contributed by atoms with van der Waals surface area (Å²) < 4.78 is 35.7. The molecule has 106 valence electrons. The molecule has 0 radical (unpaired) electrons. The van der Waals surface area contributed by atoms with Gasteiger partial charge in [-0.2, -0.15) is 0 Å². The Kier molecular flexibility index (Phi) is 4.49. The second-order valence-corrected chi connectivity index (χ2v) is 6.44. The third-order valence-electron chi connectivity index (χ3n) is 2.72. The van der Waals surface area contributed by atoms with Crippen molar-refractivity contribution in [2.45, 2.75) is 25.4 Å². The van der Waals surface area contributed by atoms with Crippen LogP contribution in [0.3, 0.4) is 0 Å². The van der Waals surface area contributed by atoms with E-state index in [1.165, 1.54) is 12.1 Å². The lowest BCUT2D eigenvalue weighted by Gasteiger charge is -2.22. The molecular weight excluding hydrogens is 294 g/mol. The number of hydrogen-bond acceptors (Lipinski definition) is 5. The van der Waals surface area contributed by atoms with E-state index < -0.39 is 15.9 Å². The van der Waals surface area contributed by atoms with Gasteiger partial charge in [-0.15, -0.1) is 0 Å². The van der Waals surface area contributed by atoms with Crippen LogP contribution in [0.25, 0.3) is 0 Å². The zero-order valence-electron chi connectivity index (χ0n) is 10.1. The van der Waals surface area contributed by atoms with Gasteiger partial charge in [0.15, 0.2) is 11.0 Å². The molecule has 1 fully saturated rings. The summed E-state index contributed by atoms with van der Waals surface area (Å²) in [6, 6.07) is 2.68. The minimum atomic E-state index is -3.75. The van der Waals surface area contributed by atoms with Crippen LogP contribution in [-0.2, 0) is 14.8 Å². The van der Waals surface area contributed by atoms with E-state index in [2.05, 4.69) is 0 Å². The molecule has 0 bridgehead atoms. The first-order valence-electron chi connectivity index (χ1n) is 5.88. The lowest BCUT2D eigenvalue weighted by atomic mass is 10.1. The number of halogens is 1. The van der Waals surface area contributed by atoms with E-state index in [0.29, 0.717) is 13.0 Å². The number of rotatable bonds is 4. The number of nitrogens with one attached hydrogen (secondary N) is 1.